The van der Waals surface area contributed by atoms with Gasteiger partial charge in [-0.3, -0.25) is 4.79 Å². The number of methoxy groups -OCH3 is 1. The molecular weight excluding hydrogens is 277 g/mol. The van der Waals surface area contributed by atoms with E-state index in [0.29, 0.717) is 22.4 Å². The number of rotatable bonds is 6. The average Bonchev–Trinajstić information content (AvgIpc) is 2.28. The second-order valence-corrected chi connectivity index (χ2v) is 4.63. The molecule has 0 heterocycles. The Labute approximate surface area is 116 Å². The highest BCUT2D eigenvalue weighted by molar-refractivity contribution is 6.35. The summed E-state index contributed by atoms with van der Waals surface area (Å²) in [6, 6.07) is 4.76. The molecule has 0 aromatic heterocycles. The van der Waals surface area contributed by atoms with E-state index < -0.39 is 0 Å². The van der Waals surface area contributed by atoms with Crippen molar-refractivity contribution in [2.45, 2.75) is 13.0 Å². The van der Waals surface area contributed by atoms with E-state index in [0.717, 1.165) is 0 Å². The first-order valence-electron chi connectivity index (χ1n) is 5.39. The molecule has 0 aliphatic carbocycles. The Bertz CT molecular complexity index is 412. The maximum absolute atomic E-state index is 11.5. The van der Waals surface area contributed by atoms with Gasteiger partial charge < -0.3 is 14.8 Å². The van der Waals surface area contributed by atoms with Crippen LogP contribution < -0.4 is 10.1 Å². The van der Waals surface area contributed by atoms with E-state index in [-0.39, 0.29) is 18.6 Å². The summed E-state index contributed by atoms with van der Waals surface area (Å²) in [6.45, 7) is 2.19. The summed E-state index contributed by atoms with van der Waals surface area (Å²) in [4.78, 5) is 11.5. The molecule has 0 aliphatic heterocycles. The van der Waals surface area contributed by atoms with Crippen LogP contribution in [0.1, 0.15) is 6.92 Å². The summed E-state index contributed by atoms with van der Waals surface area (Å²) in [5.41, 5.74) is 0. The summed E-state index contributed by atoms with van der Waals surface area (Å²) in [5, 5.41) is 3.62. The lowest BCUT2D eigenvalue weighted by Gasteiger charge is -2.13. The van der Waals surface area contributed by atoms with Gasteiger partial charge in [-0.2, -0.15) is 0 Å². The van der Waals surface area contributed by atoms with Crippen molar-refractivity contribution in [3.05, 3.63) is 28.2 Å². The maximum Gasteiger partial charge on any atom is 0.258 e. The van der Waals surface area contributed by atoms with Crippen molar-refractivity contribution in [2.24, 2.45) is 0 Å². The Morgan fingerprint density at radius 3 is 2.78 bits per heavy atom. The fourth-order valence-electron chi connectivity index (χ4n) is 1.34. The van der Waals surface area contributed by atoms with Gasteiger partial charge in [-0.05, 0) is 25.1 Å². The van der Waals surface area contributed by atoms with Crippen LogP contribution in [0.25, 0.3) is 0 Å². The molecule has 0 radical (unpaired) electrons. The molecule has 100 valence electrons. The Balaban J connectivity index is 2.42. The van der Waals surface area contributed by atoms with Crippen molar-refractivity contribution in [1.82, 2.24) is 5.32 Å². The third kappa shape index (κ3) is 5.12. The number of benzene rings is 1. The summed E-state index contributed by atoms with van der Waals surface area (Å²) < 4.78 is 10.2. The number of hydrogen-bond donors (Lipinski definition) is 1. The third-order valence-electron chi connectivity index (χ3n) is 2.08. The van der Waals surface area contributed by atoms with Crippen LogP contribution >= 0.6 is 23.2 Å². The van der Waals surface area contributed by atoms with Crippen LogP contribution in [0, 0.1) is 0 Å². The van der Waals surface area contributed by atoms with Crippen LogP contribution in [-0.2, 0) is 9.53 Å². The van der Waals surface area contributed by atoms with Crippen molar-refractivity contribution in [3.63, 3.8) is 0 Å². The SMILES string of the molecule is COC[C@@H](C)NC(=O)COc1ccc(Cl)cc1Cl. The standard InChI is InChI=1S/C12H15Cl2NO3/c1-8(6-17-2)15-12(16)7-18-11-4-3-9(13)5-10(11)14/h3-5,8H,6-7H2,1-2H3,(H,15,16)/t8-/m1/s1. The predicted molar refractivity (Wildman–Crippen MR) is 71.4 cm³/mol. The highest BCUT2D eigenvalue weighted by Gasteiger charge is 2.09. The lowest BCUT2D eigenvalue weighted by Crippen LogP contribution is -2.38. The molecule has 6 heteroatoms. The van der Waals surface area contributed by atoms with Gasteiger partial charge in [-0.25, -0.2) is 0 Å². The lowest BCUT2D eigenvalue weighted by atomic mass is 10.3. The van der Waals surface area contributed by atoms with E-state index in [1.807, 2.05) is 6.92 Å². The number of hydrogen-bond acceptors (Lipinski definition) is 3. The Hall–Kier alpha value is -0.970. The van der Waals surface area contributed by atoms with Gasteiger partial charge >= 0.3 is 0 Å². The second-order valence-electron chi connectivity index (χ2n) is 3.79. The van der Waals surface area contributed by atoms with Crippen LogP contribution in [0.15, 0.2) is 18.2 Å². The minimum Gasteiger partial charge on any atom is -0.482 e. The molecule has 1 rings (SSSR count). The fourth-order valence-corrected chi connectivity index (χ4v) is 1.81. The zero-order valence-electron chi connectivity index (χ0n) is 10.2. The Kier molecular flexibility index (Phi) is 6.25. The highest BCUT2D eigenvalue weighted by atomic mass is 35.5. The van der Waals surface area contributed by atoms with Crippen molar-refractivity contribution in [3.8, 4) is 5.75 Å². The molecule has 0 saturated heterocycles. The van der Waals surface area contributed by atoms with Crippen molar-refractivity contribution >= 4 is 29.1 Å². The largest absolute Gasteiger partial charge is 0.482 e. The van der Waals surface area contributed by atoms with Crippen LogP contribution in [0.5, 0.6) is 5.75 Å². The zero-order valence-corrected chi connectivity index (χ0v) is 11.7. The summed E-state index contributed by atoms with van der Waals surface area (Å²) in [7, 11) is 1.58. The van der Waals surface area contributed by atoms with Crippen LogP contribution in [0.4, 0.5) is 0 Å². The van der Waals surface area contributed by atoms with Gasteiger partial charge in [0.2, 0.25) is 0 Å². The number of nitrogens with one attached hydrogen (secondary N) is 1. The van der Waals surface area contributed by atoms with E-state index in [1.165, 1.54) is 0 Å². The third-order valence-corrected chi connectivity index (χ3v) is 2.61. The monoisotopic (exact) mass is 291 g/mol. The van der Waals surface area contributed by atoms with Crippen LogP contribution in [0.2, 0.25) is 10.0 Å². The summed E-state index contributed by atoms with van der Waals surface area (Å²) in [6.07, 6.45) is 0. The van der Waals surface area contributed by atoms with Crippen LogP contribution in [0.3, 0.4) is 0 Å². The van der Waals surface area contributed by atoms with Gasteiger partial charge in [0.1, 0.15) is 5.75 Å². The summed E-state index contributed by atoms with van der Waals surface area (Å²) >= 11 is 11.7. The first-order valence-corrected chi connectivity index (χ1v) is 6.14. The lowest BCUT2D eigenvalue weighted by molar-refractivity contribution is -0.124. The molecule has 0 aliphatic rings. The first kappa shape index (κ1) is 15.1. The molecule has 0 bridgehead atoms. The molecule has 1 atom stereocenters. The van der Waals surface area contributed by atoms with E-state index >= 15 is 0 Å². The molecule has 0 spiro atoms. The van der Waals surface area contributed by atoms with Gasteiger partial charge in [0.05, 0.1) is 11.6 Å². The second kappa shape index (κ2) is 7.46. The number of carbonyl (C=O) groups excluding carboxylic acids is 1. The Morgan fingerprint density at radius 1 is 1.44 bits per heavy atom. The molecule has 1 amide bonds. The van der Waals surface area contributed by atoms with Gasteiger partial charge in [0.15, 0.2) is 6.61 Å². The van der Waals surface area contributed by atoms with Gasteiger partial charge in [0.25, 0.3) is 5.91 Å². The summed E-state index contributed by atoms with van der Waals surface area (Å²) in [5.74, 6) is 0.196. The van der Waals surface area contributed by atoms with E-state index in [2.05, 4.69) is 5.32 Å². The average molecular weight is 292 g/mol. The molecular formula is C12H15Cl2NO3. The topological polar surface area (TPSA) is 47.6 Å². The van der Waals surface area contributed by atoms with E-state index in [4.69, 9.17) is 32.7 Å². The zero-order chi connectivity index (χ0) is 13.5. The number of ether oxygens (including phenoxy) is 2. The molecule has 1 aromatic carbocycles. The smallest absolute Gasteiger partial charge is 0.258 e. The Morgan fingerprint density at radius 2 is 2.17 bits per heavy atom. The number of amides is 1. The number of halogens is 2. The molecule has 1 aromatic rings. The number of carbonyl (C=O) groups is 1. The van der Waals surface area contributed by atoms with E-state index in [1.54, 1.807) is 25.3 Å². The van der Waals surface area contributed by atoms with Crippen LogP contribution in [-0.4, -0.2) is 32.3 Å². The first-order chi connectivity index (χ1) is 8.52. The highest BCUT2D eigenvalue weighted by Crippen LogP contribution is 2.27. The van der Waals surface area contributed by atoms with E-state index in [9.17, 15) is 4.79 Å². The van der Waals surface area contributed by atoms with Gasteiger partial charge in [0, 0.05) is 18.2 Å². The van der Waals surface area contributed by atoms with Gasteiger partial charge in [-0.15, -0.1) is 0 Å². The van der Waals surface area contributed by atoms with Crippen molar-refractivity contribution in [2.75, 3.05) is 20.3 Å². The molecule has 0 saturated carbocycles. The predicted octanol–water partition coefficient (Wildman–Crippen LogP) is 2.52. The molecule has 1 N–H and O–H groups in total. The quantitative estimate of drug-likeness (QED) is 0.876. The van der Waals surface area contributed by atoms with Crippen molar-refractivity contribution < 1.29 is 14.3 Å². The maximum atomic E-state index is 11.5. The molecule has 0 fully saturated rings. The minimum atomic E-state index is -0.231. The fraction of sp³-hybridized carbons (Fsp3) is 0.417. The molecule has 18 heavy (non-hydrogen) atoms. The molecule has 4 nitrogen and oxygen atoms in total. The normalized spacial score (nSPS) is 12.0. The van der Waals surface area contributed by atoms with Gasteiger partial charge in [-0.1, -0.05) is 23.2 Å². The minimum absolute atomic E-state index is 0.0632. The van der Waals surface area contributed by atoms with Crippen molar-refractivity contribution in [1.29, 1.82) is 0 Å². The molecule has 0 unspecified atom stereocenters.